The van der Waals surface area contributed by atoms with Crippen LogP contribution in [0, 0.1) is 0 Å². The average Bonchev–Trinajstić information content (AvgIpc) is 2.69. The van der Waals surface area contributed by atoms with Gasteiger partial charge in [0.15, 0.2) is 11.5 Å². The smallest absolute Gasteiger partial charge is 0.169 e. The molecule has 1 heterocycles. The van der Waals surface area contributed by atoms with E-state index in [4.69, 9.17) is 21.3 Å². The van der Waals surface area contributed by atoms with Crippen LogP contribution in [0.5, 0.6) is 11.5 Å². The van der Waals surface area contributed by atoms with Crippen LogP contribution in [0.3, 0.4) is 0 Å². The van der Waals surface area contributed by atoms with Gasteiger partial charge in [0, 0.05) is 6.04 Å². The van der Waals surface area contributed by atoms with Gasteiger partial charge in [-0.05, 0) is 28.6 Å². The summed E-state index contributed by atoms with van der Waals surface area (Å²) in [5, 5.41) is 2.29. The normalized spacial score (nSPS) is 15.1. The molecular weight excluding hydrogens is 347 g/mol. The molecule has 0 unspecified atom stereocenters. The molecule has 0 radical (unpaired) electrons. The second-order valence-electron chi connectivity index (χ2n) is 5.76. The molecule has 1 aliphatic rings. The third-order valence-corrected chi connectivity index (χ3v) is 8.43. The molecule has 0 aromatic heterocycles. The average molecular weight is 364 g/mol. The number of ether oxygens (including phenoxy) is 2. The lowest BCUT2D eigenvalue weighted by atomic mass is 10.3. The van der Waals surface area contributed by atoms with Gasteiger partial charge in [-0.1, -0.05) is 84.6 Å². The molecule has 0 saturated heterocycles. The molecular formula is C21H17O2PS. The minimum absolute atomic E-state index is 0.398. The van der Waals surface area contributed by atoms with Crippen molar-refractivity contribution >= 4 is 28.5 Å². The van der Waals surface area contributed by atoms with Crippen LogP contribution in [0.1, 0.15) is 0 Å². The largest absolute Gasteiger partial charge is 0.482 e. The number of hydrogen-bond donors (Lipinski definition) is 0. The maximum Gasteiger partial charge on any atom is 0.169 e. The Bertz CT molecular complexity index is 908. The first-order valence-electron chi connectivity index (χ1n) is 8.08. The van der Waals surface area contributed by atoms with Crippen LogP contribution in [-0.4, -0.2) is 6.61 Å². The second kappa shape index (κ2) is 6.87. The zero-order valence-electron chi connectivity index (χ0n) is 13.5. The first-order chi connectivity index (χ1) is 12.3. The topological polar surface area (TPSA) is 18.5 Å². The van der Waals surface area contributed by atoms with Gasteiger partial charge in [-0.3, -0.25) is 0 Å². The van der Waals surface area contributed by atoms with Gasteiger partial charge in [-0.2, -0.15) is 0 Å². The van der Waals surface area contributed by atoms with Crippen LogP contribution in [-0.2, 0) is 11.8 Å². The molecule has 0 bridgehead atoms. The highest BCUT2D eigenvalue weighted by Crippen LogP contribution is 2.47. The highest BCUT2D eigenvalue weighted by atomic mass is 32.4. The van der Waals surface area contributed by atoms with Crippen molar-refractivity contribution in [1.29, 1.82) is 0 Å². The molecule has 25 heavy (non-hydrogen) atoms. The minimum atomic E-state index is -2.14. The SMILES string of the molecule is S=P(/C=C1\COc2ccccc2O1)(c1ccccc1)c1ccccc1. The fourth-order valence-corrected chi connectivity index (χ4v) is 6.28. The van der Waals surface area contributed by atoms with Crippen molar-refractivity contribution in [2.75, 3.05) is 6.61 Å². The van der Waals surface area contributed by atoms with Crippen LogP contribution in [0.4, 0.5) is 0 Å². The molecule has 0 aliphatic carbocycles. The molecule has 3 aromatic carbocycles. The summed E-state index contributed by atoms with van der Waals surface area (Å²) < 4.78 is 11.9. The Labute approximate surface area is 152 Å². The molecule has 4 heteroatoms. The van der Waals surface area contributed by atoms with Crippen LogP contribution < -0.4 is 20.1 Å². The van der Waals surface area contributed by atoms with E-state index in [1.807, 2.05) is 60.7 Å². The Hall–Kier alpha value is -2.35. The molecule has 4 rings (SSSR count). The summed E-state index contributed by atoms with van der Waals surface area (Å²) in [4.78, 5) is 0. The predicted octanol–water partition coefficient (Wildman–Crippen LogP) is 4.43. The Morgan fingerprint density at radius 3 is 1.84 bits per heavy atom. The van der Waals surface area contributed by atoms with E-state index < -0.39 is 6.04 Å². The molecule has 124 valence electrons. The first kappa shape index (κ1) is 16.1. The van der Waals surface area contributed by atoms with Gasteiger partial charge in [0.25, 0.3) is 0 Å². The molecule has 0 atom stereocenters. The van der Waals surface area contributed by atoms with E-state index in [2.05, 4.69) is 30.1 Å². The van der Waals surface area contributed by atoms with Crippen molar-refractivity contribution in [1.82, 2.24) is 0 Å². The maximum atomic E-state index is 6.21. The standard InChI is InChI=1S/C21H17O2PS/c25-24(18-9-3-1-4-10-18,19-11-5-2-6-12-19)16-17-15-22-20-13-7-8-14-21(20)23-17/h1-14,16H,15H2/b17-16+. The number of fused-ring (bicyclic) bond motifs is 1. The van der Waals surface area contributed by atoms with Gasteiger partial charge in [-0.15, -0.1) is 0 Å². The summed E-state index contributed by atoms with van der Waals surface area (Å²) in [5.74, 6) is 4.38. The quantitative estimate of drug-likeness (QED) is 0.641. The Balaban J connectivity index is 1.80. The van der Waals surface area contributed by atoms with Crippen molar-refractivity contribution in [2.45, 2.75) is 0 Å². The third-order valence-electron chi connectivity index (χ3n) is 4.07. The van der Waals surface area contributed by atoms with E-state index in [1.165, 1.54) is 0 Å². The number of hydrogen-bond acceptors (Lipinski definition) is 3. The van der Waals surface area contributed by atoms with Crippen LogP contribution in [0.15, 0.2) is 96.5 Å². The summed E-state index contributed by atoms with van der Waals surface area (Å²) in [6.45, 7) is 0.398. The summed E-state index contributed by atoms with van der Waals surface area (Å²) in [6.07, 6.45) is 0. The fraction of sp³-hybridized carbons (Fsp3) is 0.0476. The molecule has 0 saturated carbocycles. The Morgan fingerprint density at radius 2 is 1.24 bits per heavy atom. The summed E-state index contributed by atoms with van der Waals surface area (Å²) in [7, 11) is 0. The molecule has 0 N–H and O–H groups in total. The Kier molecular flexibility index (Phi) is 4.44. The maximum absolute atomic E-state index is 6.21. The van der Waals surface area contributed by atoms with Gasteiger partial charge in [0.2, 0.25) is 0 Å². The summed E-state index contributed by atoms with van der Waals surface area (Å²) in [6, 6.07) is 26.1. The lowest BCUT2D eigenvalue weighted by molar-refractivity contribution is 0.233. The fourth-order valence-electron chi connectivity index (χ4n) is 2.84. The zero-order valence-corrected chi connectivity index (χ0v) is 15.3. The predicted molar refractivity (Wildman–Crippen MR) is 107 cm³/mol. The van der Waals surface area contributed by atoms with E-state index in [0.29, 0.717) is 6.61 Å². The van der Waals surface area contributed by atoms with E-state index in [0.717, 1.165) is 27.9 Å². The number of para-hydroxylation sites is 2. The van der Waals surface area contributed by atoms with Gasteiger partial charge >= 0.3 is 0 Å². The highest BCUT2D eigenvalue weighted by Gasteiger charge is 2.23. The van der Waals surface area contributed by atoms with E-state index in [-0.39, 0.29) is 0 Å². The van der Waals surface area contributed by atoms with Gasteiger partial charge in [0.1, 0.15) is 12.4 Å². The lowest BCUT2D eigenvalue weighted by Gasteiger charge is -2.24. The first-order valence-corrected chi connectivity index (χ1v) is 11.0. The van der Waals surface area contributed by atoms with E-state index in [9.17, 15) is 0 Å². The third kappa shape index (κ3) is 3.26. The molecule has 1 aliphatic heterocycles. The van der Waals surface area contributed by atoms with Gasteiger partial charge in [0.05, 0.1) is 0 Å². The molecule has 3 aromatic rings. The van der Waals surface area contributed by atoms with E-state index in [1.54, 1.807) is 0 Å². The van der Waals surface area contributed by atoms with Gasteiger partial charge in [-0.25, -0.2) is 0 Å². The van der Waals surface area contributed by atoms with Crippen LogP contribution in [0.25, 0.3) is 0 Å². The van der Waals surface area contributed by atoms with Crippen molar-refractivity contribution in [3.8, 4) is 11.5 Å². The minimum Gasteiger partial charge on any atom is -0.482 e. The van der Waals surface area contributed by atoms with Crippen molar-refractivity contribution < 1.29 is 9.47 Å². The number of benzene rings is 3. The molecule has 0 spiro atoms. The highest BCUT2D eigenvalue weighted by molar-refractivity contribution is 8.23. The molecule has 0 amide bonds. The van der Waals surface area contributed by atoms with E-state index >= 15 is 0 Å². The van der Waals surface area contributed by atoms with Crippen molar-refractivity contribution in [2.24, 2.45) is 0 Å². The lowest BCUT2D eigenvalue weighted by Crippen LogP contribution is -2.18. The second-order valence-corrected chi connectivity index (χ2v) is 10.1. The summed E-state index contributed by atoms with van der Waals surface area (Å²) >= 11 is 6.21. The monoisotopic (exact) mass is 364 g/mol. The zero-order chi connectivity index (χ0) is 17.1. The van der Waals surface area contributed by atoms with Crippen molar-refractivity contribution in [3.05, 3.63) is 96.5 Å². The molecule has 0 fully saturated rings. The van der Waals surface area contributed by atoms with Gasteiger partial charge < -0.3 is 9.47 Å². The van der Waals surface area contributed by atoms with Crippen LogP contribution in [0.2, 0.25) is 0 Å². The summed E-state index contributed by atoms with van der Waals surface area (Å²) in [5.41, 5.74) is 0. The van der Waals surface area contributed by atoms with Crippen LogP contribution >= 0.6 is 6.04 Å². The molecule has 2 nitrogen and oxygen atoms in total. The Morgan fingerprint density at radius 1 is 0.720 bits per heavy atom. The number of rotatable bonds is 3. The van der Waals surface area contributed by atoms with Crippen molar-refractivity contribution in [3.63, 3.8) is 0 Å².